The Balaban J connectivity index is 5.31. The van der Waals surface area contributed by atoms with Gasteiger partial charge in [-0.05, 0) is 83.0 Å². The molecule has 0 fully saturated rings. The van der Waals surface area contributed by atoms with E-state index in [1.807, 2.05) is 0 Å². The van der Waals surface area contributed by atoms with Crippen molar-refractivity contribution in [1.29, 1.82) is 0 Å². The smallest absolute Gasteiger partial charge is 0.462 e. The molecule has 89 heavy (non-hydrogen) atoms. The SMILES string of the molecule is CCCCCC/C=C\C=C/CCCCCCCC(=O)OC[C@H](COP(=O)(O)OC[C@@H](O)COP(=O)(O)OC[C@@H](COC(=O)CCCCCCCCCCC)OC(=O)CCCCCCCCCC(C)C)OC(=O)CCCCCCC/C=C\C=C/CCCCCC. The van der Waals surface area contributed by atoms with Crippen LogP contribution >= 0.6 is 15.6 Å². The minimum atomic E-state index is -4.97. The molecule has 5 atom stereocenters. The third-order valence-electron chi connectivity index (χ3n) is 15.0. The van der Waals surface area contributed by atoms with Crippen molar-refractivity contribution in [3.05, 3.63) is 48.6 Å². The van der Waals surface area contributed by atoms with Crippen molar-refractivity contribution >= 4 is 39.5 Å². The average Bonchev–Trinajstić information content (AvgIpc) is 3.58. The molecular weight excluding hydrogens is 1170 g/mol. The summed E-state index contributed by atoms with van der Waals surface area (Å²) in [5.41, 5.74) is 0. The van der Waals surface area contributed by atoms with Crippen LogP contribution in [-0.2, 0) is 65.4 Å². The number of carbonyl (C=O) groups excluding carboxylic acids is 4. The van der Waals surface area contributed by atoms with Crippen molar-refractivity contribution in [2.24, 2.45) is 5.92 Å². The molecule has 0 amide bonds. The second-order valence-corrected chi connectivity index (χ2v) is 27.3. The normalized spacial score (nSPS) is 14.4. The Hall–Kier alpha value is -2.98. The Labute approximate surface area is 540 Å². The molecule has 19 heteroatoms. The van der Waals surface area contributed by atoms with Crippen molar-refractivity contribution < 1.29 is 80.2 Å². The summed E-state index contributed by atoms with van der Waals surface area (Å²) in [6, 6.07) is 0. The number of hydrogen-bond donors (Lipinski definition) is 3. The number of phosphoric ester groups is 2. The summed E-state index contributed by atoms with van der Waals surface area (Å²) in [5.74, 6) is -1.50. The number of esters is 4. The zero-order chi connectivity index (χ0) is 65.6. The number of aliphatic hydroxyl groups excluding tert-OH is 1. The summed E-state index contributed by atoms with van der Waals surface area (Å²) in [7, 11) is -9.92. The van der Waals surface area contributed by atoms with Crippen molar-refractivity contribution in [2.75, 3.05) is 39.6 Å². The molecule has 0 aromatic carbocycles. The molecule has 0 spiro atoms. The minimum absolute atomic E-state index is 0.0780. The van der Waals surface area contributed by atoms with Gasteiger partial charge in [-0.15, -0.1) is 0 Å². The van der Waals surface area contributed by atoms with Crippen LogP contribution in [0.4, 0.5) is 0 Å². The molecule has 2 unspecified atom stereocenters. The summed E-state index contributed by atoms with van der Waals surface area (Å²) >= 11 is 0. The lowest BCUT2D eigenvalue weighted by Crippen LogP contribution is -2.30. The summed E-state index contributed by atoms with van der Waals surface area (Å²) < 4.78 is 68.1. The van der Waals surface area contributed by atoms with Gasteiger partial charge < -0.3 is 33.8 Å². The van der Waals surface area contributed by atoms with Crippen LogP contribution in [-0.4, -0.2) is 96.7 Å². The zero-order valence-corrected chi connectivity index (χ0v) is 58.3. The number of aliphatic hydroxyl groups is 1. The van der Waals surface area contributed by atoms with Gasteiger partial charge in [0.2, 0.25) is 0 Å². The average molecular weight is 1300 g/mol. The van der Waals surface area contributed by atoms with E-state index in [0.29, 0.717) is 31.6 Å². The fourth-order valence-corrected chi connectivity index (χ4v) is 11.1. The minimum Gasteiger partial charge on any atom is -0.462 e. The van der Waals surface area contributed by atoms with Gasteiger partial charge in [0.05, 0.1) is 26.4 Å². The number of carbonyl (C=O) groups is 4. The summed E-state index contributed by atoms with van der Waals surface area (Å²) in [5, 5.41) is 10.6. The van der Waals surface area contributed by atoms with Crippen LogP contribution in [0, 0.1) is 5.92 Å². The maximum absolute atomic E-state index is 13.0. The maximum Gasteiger partial charge on any atom is 0.472 e. The third-order valence-corrected chi connectivity index (χ3v) is 16.9. The third kappa shape index (κ3) is 63.6. The molecule has 520 valence electrons. The van der Waals surface area contributed by atoms with Gasteiger partial charge in [-0.1, -0.05) is 257 Å². The first-order valence-corrected chi connectivity index (χ1v) is 38.3. The number of ether oxygens (including phenoxy) is 4. The number of rotatable bonds is 66. The fourth-order valence-electron chi connectivity index (χ4n) is 9.56. The van der Waals surface area contributed by atoms with Gasteiger partial charge in [0.1, 0.15) is 19.3 Å². The second kappa shape index (κ2) is 62.5. The Morgan fingerprint density at radius 2 is 0.607 bits per heavy atom. The largest absolute Gasteiger partial charge is 0.472 e. The van der Waals surface area contributed by atoms with Crippen LogP contribution in [0.15, 0.2) is 48.6 Å². The first-order chi connectivity index (χ1) is 43.0. The molecule has 0 bridgehead atoms. The van der Waals surface area contributed by atoms with E-state index >= 15 is 0 Å². The van der Waals surface area contributed by atoms with Crippen LogP contribution in [0.3, 0.4) is 0 Å². The fraction of sp³-hybridized carbons (Fsp3) is 0.829. The van der Waals surface area contributed by atoms with Gasteiger partial charge in [-0.25, -0.2) is 9.13 Å². The van der Waals surface area contributed by atoms with Crippen LogP contribution in [0.1, 0.15) is 311 Å². The second-order valence-electron chi connectivity index (χ2n) is 24.4. The number of unbranched alkanes of at least 4 members (excludes halogenated alkanes) is 32. The van der Waals surface area contributed by atoms with Gasteiger partial charge >= 0.3 is 39.5 Å². The molecule has 0 radical (unpaired) electrons. The van der Waals surface area contributed by atoms with Gasteiger partial charge in [0.25, 0.3) is 0 Å². The van der Waals surface area contributed by atoms with Crippen molar-refractivity contribution in [2.45, 2.75) is 329 Å². The number of allylic oxidation sites excluding steroid dienone is 8. The van der Waals surface area contributed by atoms with E-state index in [-0.39, 0.29) is 25.7 Å². The summed E-state index contributed by atoms with van der Waals surface area (Å²) in [6.07, 6.45) is 54.5. The standard InChI is InChI=1S/C70H128O17P2/c1-6-9-12-15-18-21-23-25-27-29-31-34-39-44-49-54-68(73)81-59-65(86-69(74)55-50-45-40-35-32-30-28-26-24-22-19-16-13-10-7-2)61-84-88(76,77)82-57-64(71)58-83-89(78,79)85-62-66(60-80-67(72)53-48-43-38-33-20-17-14-11-8-3)87-70(75)56-51-46-41-36-37-42-47-52-63(4)5/h21-28,63-66,71H,6-20,29-62H2,1-5H3,(H,76,77)(H,78,79)/b23-21-,24-22-,27-25-,28-26-/t64-,65-,66-/m1/s1. The number of hydrogen-bond acceptors (Lipinski definition) is 15. The Morgan fingerprint density at radius 1 is 0.348 bits per heavy atom. The van der Waals surface area contributed by atoms with Crippen LogP contribution < -0.4 is 0 Å². The molecular formula is C70H128O17P2. The Bertz CT molecular complexity index is 1910. The summed E-state index contributed by atoms with van der Waals surface area (Å²) in [6.45, 7) is 7.02. The van der Waals surface area contributed by atoms with Crippen LogP contribution in [0.25, 0.3) is 0 Å². The predicted octanol–water partition coefficient (Wildman–Crippen LogP) is 19.2. The first-order valence-electron chi connectivity index (χ1n) is 35.3. The zero-order valence-electron chi connectivity index (χ0n) is 56.5. The van der Waals surface area contributed by atoms with E-state index in [4.69, 9.17) is 37.0 Å². The molecule has 0 saturated carbocycles. The highest BCUT2D eigenvalue weighted by molar-refractivity contribution is 7.47. The topological polar surface area (TPSA) is 237 Å². The van der Waals surface area contributed by atoms with Gasteiger partial charge in [-0.2, -0.15) is 0 Å². The lowest BCUT2D eigenvalue weighted by Gasteiger charge is -2.21. The van der Waals surface area contributed by atoms with Crippen molar-refractivity contribution in [3.63, 3.8) is 0 Å². The Morgan fingerprint density at radius 3 is 0.921 bits per heavy atom. The highest BCUT2D eigenvalue weighted by Crippen LogP contribution is 2.45. The summed E-state index contributed by atoms with van der Waals surface area (Å²) in [4.78, 5) is 72.4. The van der Waals surface area contributed by atoms with E-state index < -0.39 is 97.5 Å². The van der Waals surface area contributed by atoms with Gasteiger partial charge in [0.15, 0.2) is 12.2 Å². The van der Waals surface area contributed by atoms with Crippen LogP contribution in [0.2, 0.25) is 0 Å². The lowest BCUT2D eigenvalue weighted by molar-refractivity contribution is -0.161. The van der Waals surface area contributed by atoms with E-state index in [1.54, 1.807) is 0 Å². The molecule has 0 aliphatic carbocycles. The lowest BCUT2D eigenvalue weighted by atomic mass is 10.0. The predicted molar refractivity (Wildman–Crippen MR) is 358 cm³/mol. The number of phosphoric acid groups is 2. The van der Waals surface area contributed by atoms with E-state index in [9.17, 15) is 43.2 Å². The van der Waals surface area contributed by atoms with Crippen molar-refractivity contribution in [1.82, 2.24) is 0 Å². The van der Waals surface area contributed by atoms with Crippen LogP contribution in [0.5, 0.6) is 0 Å². The van der Waals surface area contributed by atoms with E-state index in [0.717, 1.165) is 122 Å². The quantitative estimate of drug-likeness (QED) is 0.0169. The van der Waals surface area contributed by atoms with Gasteiger partial charge in [-0.3, -0.25) is 37.3 Å². The van der Waals surface area contributed by atoms with Gasteiger partial charge in [0, 0.05) is 25.7 Å². The first kappa shape index (κ1) is 86.0. The molecule has 0 heterocycles. The molecule has 0 aromatic heterocycles. The van der Waals surface area contributed by atoms with E-state index in [1.165, 1.54) is 103 Å². The highest BCUT2D eigenvalue weighted by atomic mass is 31.2. The maximum atomic E-state index is 13.0. The molecule has 0 aliphatic heterocycles. The molecule has 0 rings (SSSR count). The molecule has 0 aliphatic rings. The molecule has 0 aromatic rings. The van der Waals surface area contributed by atoms with Crippen molar-refractivity contribution in [3.8, 4) is 0 Å². The monoisotopic (exact) mass is 1300 g/mol. The molecule has 3 N–H and O–H groups in total. The van der Waals surface area contributed by atoms with E-state index in [2.05, 4.69) is 83.2 Å². The Kier molecular flexibility index (Phi) is 60.4. The molecule has 0 saturated heterocycles. The highest BCUT2D eigenvalue weighted by Gasteiger charge is 2.30. The molecule has 17 nitrogen and oxygen atoms in total.